The molecule has 0 aliphatic heterocycles. The molecular formula is C11H16N4O. The Bertz CT molecular complexity index is 447. The molecule has 86 valence electrons. The molecule has 0 saturated heterocycles. The fraction of sp³-hybridized carbons (Fsp3) is 0.364. The van der Waals surface area contributed by atoms with Gasteiger partial charge in [-0.05, 0) is 19.1 Å². The van der Waals surface area contributed by atoms with Gasteiger partial charge in [0.25, 0.3) is 0 Å². The number of rotatable bonds is 4. The van der Waals surface area contributed by atoms with E-state index in [-0.39, 0.29) is 6.04 Å². The van der Waals surface area contributed by atoms with Gasteiger partial charge >= 0.3 is 0 Å². The Morgan fingerprint density at radius 3 is 2.94 bits per heavy atom. The molecule has 0 aliphatic carbocycles. The van der Waals surface area contributed by atoms with Gasteiger partial charge < -0.3 is 4.42 Å². The SMILES string of the molecule is Cc1c(C(Cc2ccco2)NN)cnn1C. The summed E-state index contributed by atoms with van der Waals surface area (Å²) in [7, 11) is 1.92. The Balaban J connectivity index is 2.20. The van der Waals surface area contributed by atoms with Crippen LogP contribution in [0.5, 0.6) is 0 Å². The molecule has 0 fully saturated rings. The summed E-state index contributed by atoms with van der Waals surface area (Å²) in [6.45, 7) is 2.02. The molecule has 16 heavy (non-hydrogen) atoms. The number of furan rings is 1. The van der Waals surface area contributed by atoms with Gasteiger partial charge in [-0.15, -0.1) is 0 Å². The van der Waals surface area contributed by atoms with E-state index in [0.29, 0.717) is 0 Å². The van der Waals surface area contributed by atoms with Gasteiger partial charge in [0, 0.05) is 24.7 Å². The number of aromatic nitrogens is 2. The second-order valence-corrected chi connectivity index (χ2v) is 3.81. The lowest BCUT2D eigenvalue weighted by molar-refractivity contribution is 0.453. The Morgan fingerprint density at radius 2 is 2.44 bits per heavy atom. The van der Waals surface area contributed by atoms with Gasteiger partial charge in [0.1, 0.15) is 5.76 Å². The lowest BCUT2D eigenvalue weighted by atomic mass is 10.0. The second-order valence-electron chi connectivity index (χ2n) is 3.81. The molecule has 2 heterocycles. The monoisotopic (exact) mass is 220 g/mol. The van der Waals surface area contributed by atoms with E-state index >= 15 is 0 Å². The van der Waals surface area contributed by atoms with Crippen LogP contribution in [0, 0.1) is 6.92 Å². The Kier molecular flexibility index (Phi) is 3.07. The van der Waals surface area contributed by atoms with Crippen molar-refractivity contribution in [2.45, 2.75) is 19.4 Å². The van der Waals surface area contributed by atoms with E-state index in [0.717, 1.165) is 23.4 Å². The first-order chi connectivity index (χ1) is 7.72. The average Bonchev–Trinajstić information content (AvgIpc) is 2.88. The number of nitrogens with two attached hydrogens (primary N) is 1. The van der Waals surface area contributed by atoms with Crippen LogP contribution in [0.1, 0.15) is 23.1 Å². The minimum atomic E-state index is 0.0276. The molecule has 2 rings (SSSR count). The van der Waals surface area contributed by atoms with Crippen molar-refractivity contribution in [3.8, 4) is 0 Å². The topological polar surface area (TPSA) is 69.0 Å². The summed E-state index contributed by atoms with van der Waals surface area (Å²) in [5.74, 6) is 6.48. The average molecular weight is 220 g/mol. The van der Waals surface area contributed by atoms with Crippen LogP contribution in [0.25, 0.3) is 0 Å². The zero-order chi connectivity index (χ0) is 11.5. The lowest BCUT2D eigenvalue weighted by Crippen LogP contribution is -2.29. The summed E-state index contributed by atoms with van der Waals surface area (Å²) in [6.07, 6.45) is 4.22. The number of nitrogens with zero attached hydrogens (tertiary/aromatic N) is 2. The molecule has 5 heteroatoms. The Labute approximate surface area is 94.2 Å². The number of hydrazine groups is 1. The molecule has 0 bridgehead atoms. The quantitative estimate of drug-likeness (QED) is 0.597. The van der Waals surface area contributed by atoms with Crippen LogP contribution >= 0.6 is 0 Å². The molecule has 2 aromatic rings. The van der Waals surface area contributed by atoms with Gasteiger partial charge in [-0.2, -0.15) is 5.10 Å². The molecule has 2 aromatic heterocycles. The van der Waals surface area contributed by atoms with Crippen molar-refractivity contribution in [3.05, 3.63) is 41.6 Å². The molecular weight excluding hydrogens is 204 g/mol. The van der Waals surface area contributed by atoms with Gasteiger partial charge in [-0.1, -0.05) is 0 Å². The van der Waals surface area contributed by atoms with Crippen LogP contribution in [0.3, 0.4) is 0 Å². The lowest BCUT2D eigenvalue weighted by Gasteiger charge is -2.14. The van der Waals surface area contributed by atoms with Crippen molar-refractivity contribution in [1.82, 2.24) is 15.2 Å². The van der Waals surface area contributed by atoms with E-state index in [9.17, 15) is 0 Å². The molecule has 0 spiro atoms. The number of aryl methyl sites for hydroxylation is 1. The molecule has 1 atom stereocenters. The maximum absolute atomic E-state index is 5.57. The predicted octanol–water partition coefficient (Wildman–Crippen LogP) is 1.07. The normalized spacial score (nSPS) is 12.9. The van der Waals surface area contributed by atoms with Crippen LogP contribution in [0.4, 0.5) is 0 Å². The highest BCUT2D eigenvalue weighted by Crippen LogP contribution is 2.20. The minimum Gasteiger partial charge on any atom is -0.469 e. The van der Waals surface area contributed by atoms with E-state index in [1.807, 2.05) is 37.0 Å². The van der Waals surface area contributed by atoms with E-state index < -0.39 is 0 Å². The van der Waals surface area contributed by atoms with E-state index in [1.54, 1.807) is 6.26 Å². The largest absolute Gasteiger partial charge is 0.469 e. The fourth-order valence-electron chi connectivity index (χ4n) is 1.75. The highest BCUT2D eigenvalue weighted by atomic mass is 16.3. The third-order valence-electron chi connectivity index (χ3n) is 2.84. The summed E-state index contributed by atoms with van der Waals surface area (Å²) in [5.41, 5.74) is 5.00. The first-order valence-corrected chi connectivity index (χ1v) is 5.19. The van der Waals surface area contributed by atoms with Crippen molar-refractivity contribution in [2.24, 2.45) is 12.9 Å². The highest BCUT2D eigenvalue weighted by molar-refractivity contribution is 5.22. The predicted molar refractivity (Wildman–Crippen MR) is 60.4 cm³/mol. The first-order valence-electron chi connectivity index (χ1n) is 5.19. The number of nitrogens with one attached hydrogen (secondary N) is 1. The van der Waals surface area contributed by atoms with Gasteiger partial charge in [0.15, 0.2) is 0 Å². The van der Waals surface area contributed by atoms with Crippen molar-refractivity contribution in [1.29, 1.82) is 0 Å². The molecule has 5 nitrogen and oxygen atoms in total. The van der Waals surface area contributed by atoms with Crippen molar-refractivity contribution in [2.75, 3.05) is 0 Å². The molecule has 0 aromatic carbocycles. The molecule has 3 N–H and O–H groups in total. The molecule has 0 saturated carbocycles. The third-order valence-corrected chi connectivity index (χ3v) is 2.84. The van der Waals surface area contributed by atoms with Crippen molar-refractivity contribution in [3.63, 3.8) is 0 Å². The van der Waals surface area contributed by atoms with Crippen LogP contribution in [0.15, 0.2) is 29.0 Å². The zero-order valence-corrected chi connectivity index (χ0v) is 9.47. The first kappa shape index (κ1) is 10.9. The van der Waals surface area contributed by atoms with Crippen LogP contribution in [-0.4, -0.2) is 9.78 Å². The number of hydrogen-bond acceptors (Lipinski definition) is 4. The fourth-order valence-corrected chi connectivity index (χ4v) is 1.75. The maximum Gasteiger partial charge on any atom is 0.105 e. The highest BCUT2D eigenvalue weighted by Gasteiger charge is 2.16. The molecule has 1 unspecified atom stereocenters. The number of hydrogen-bond donors (Lipinski definition) is 2. The Morgan fingerprint density at radius 1 is 1.62 bits per heavy atom. The molecule has 0 amide bonds. The van der Waals surface area contributed by atoms with E-state index in [4.69, 9.17) is 10.3 Å². The van der Waals surface area contributed by atoms with Crippen LogP contribution < -0.4 is 11.3 Å². The molecule has 0 aliphatic rings. The zero-order valence-electron chi connectivity index (χ0n) is 9.47. The molecule has 0 radical (unpaired) electrons. The second kappa shape index (κ2) is 4.51. The summed E-state index contributed by atoms with van der Waals surface area (Å²) in [5, 5.41) is 4.20. The Hall–Kier alpha value is -1.59. The van der Waals surface area contributed by atoms with Crippen LogP contribution in [-0.2, 0) is 13.5 Å². The van der Waals surface area contributed by atoms with Crippen LogP contribution in [0.2, 0.25) is 0 Å². The van der Waals surface area contributed by atoms with Crippen molar-refractivity contribution >= 4 is 0 Å². The van der Waals surface area contributed by atoms with E-state index in [2.05, 4.69) is 10.5 Å². The van der Waals surface area contributed by atoms with Crippen molar-refractivity contribution < 1.29 is 4.42 Å². The standard InChI is InChI=1S/C11H16N4O/c1-8-10(7-13-15(8)2)11(14-12)6-9-4-3-5-16-9/h3-5,7,11,14H,6,12H2,1-2H3. The van der Waals surface area contributed by atoms with E-state index in [1.165, 1.54) is 0 Å². The van der Waals surface area contributed by atoms with Gasteiger partial charge in [0.2, 0.25) is 0 Å². The van der Waals surface area contributed by atoms with Gasteiger partial charge in [-0.25, -0.2) is 0 Å². The summed E-state index contributed by atoms with van der Waals surface area (Å²) in [4.78, 5) is 0. The van der Waals surface area contributed by atoms with Gasteiger partial charge in [0.05, 0.1) is 18.5 Å². The minimum absolute atomic E-state index is 0.0276. The summed E-state index contributed by atoms with van der Waals surface area (Å²) < 4.78 is 7.15. The summed E-state index contributed by atoms with van der Waals surface area (Å²) >= 11 is 0. The smallest absolute Gasteiger partial charge is 0.105 e. The third kappa shape index (κ3) is 2.00. The van der Waals surface area contributed by atoms with Gasteiger partial charge in [-0.3, -0.25) is 16.0 Å². The summed E-state index contributed by atoms with van der Waals surface area (Å²) in [6, 6.07) is 3.84. The maximum atomic E-state index is 5.57.